The maximum Gasteiger partial charge on any atom is 0.351 e. The third-order valence-corrected chi connectivity index (χ3v) is 5.00. The smallest absolute Gasteiger partial charge is 0.351 e. The van der Waals surface area contributed by atoms with Gasteiger partial charge in [-0.25, -0.2) is 4.79 Å². The summed E-state index contributed by atoms with van der Waals surface area (Å²) in [7, 11) is 0. The Kier molecular flexibility index (Phi) is 4.54. The molecular weight excluding hydrogens is 322 g/mol. The van der Waals surface area contributed by atoms with E-state index in [0.29, 0.717) is 45.2 Å². The zero-order valence-corrected chi connectivity index (χ0v) is 14.2. The van der Waals surface area contributed by atoms with Crippen LogP contribution in [-0.2, 0) is 16.2 Å². The van der Waals surface area contributed by atoms with Crippen molar-refractivity contribution in [3.63, 3.8) is 0 Å². The van der Waals surface area contributed by atoms with Gasteiger partial charge in [-0.1, -0.05) is 6.07 Å². The fourth-order valence-corrected chi connectivity index (χ4v) is 3.68. The first-order chi connectivity index (χ1) is 12.2. The molecule has 1 amide bonds. The van der Waals surface area contributed by atoms with Crippen LogP contribution in [0.4, 0.5) is 0 Å². The molecule has 25 heavy (non-hydrogen) atoms. The van der Waals surface area contributed by atoms with Gasteiger partial charge in [0.05, 0.1) is 25.8 Å². The van der Waals surface area contributed by atoms with Crippen molar-refractivity contribution in [2.75, 3.05) is 39.4 Å². The van der Waals surface area contributed by atoms with E-state index in [1.54, 1.807) is 10.6 Å². The van der Waals surface area contributed by atoms with Gasteiger partial charge in [0.25, 0.3) is 0 Å². The van der Waals surface area contributed by atoms with E-state index >= 15 is 0 Å². The number of nitrogens with zero attached hydrogens (tertiary/aromatic N) is 5. The third kappa shape index (κ3) is 3.32. The number of carbonyl (C=O) groups excluding carboxylic acids is 1. The number of morpholine rings is 1. The largest absolute Gasteiger partial charge is 0.378 e. The first kappa shape index (κ1) is 16.3. The number of hydrogen-bond acceptors (Lipinski definition) is 5. The summed E-state index contributed by atoms with van der Waals surface area (Å²) in [4.78, 5) is 29.2. The minimum Gasteiger partial charge on any atom is -0.378 e. The van der Waals surface area contributed by atoms with Crippen LogP contribution in [0.15, 0.2) is 29.2 Å². The Balaban J connectivity index is 1.44. The van der Waals surface area contributed by atoms with E-state index in [4.69, 9.17) is 4.74 Å². The number of fused-ring (bicyclic) bond motifs is 1. The van der Waals surface area contributed by atoms with Gasteiger partial charge in [0.2, 0.25) is 5.91 Å². The molecule has 1 unspecified atom stereocenters. The highest BCUT2D eigenvalue weighted by Crippen LogP contribution is 2.19. The molecule has 4 heterocycles. The number of amides is 1. The van der Waals surface area contributed by atoms with Gasteiger partial charge in [-0.15, -0.1) is 5.10 Å². The van der Waals surface area contributed by atoms with E-state index in [-0.39, 0.29) is 17.5 Å². The topological polar surface area (TPSA) is 72.1 Å². The number of ether oxygens (including phenoxy) is 1. The summed E-state index contributed by atoms with van der Waals surface area (Å²) >= 11 is 0. The van der Waals surface area contributed by atoms with Crippen LogP contribution >= 0.6 is 0 Å². The van der Waals surface area contributed by atoms with Gasteiger partial charge in [0.1, 0.15) is 0 Å². The second kappa shape index (κ2) is 6.97. The van der Waals surface area contributed by atoms with Crippen molar-refractivity contribution in [2.45, 2.75) is 19.5 Å². The van der Waals surface area contributed by atoms with Crippen LogP contribution in [0.1, 0.15) is 12.8 Å². The molecule has 0 N–H and O–H groups in total. The molecule has 2 fully saturated rings. The summed E-state index contributed by atoms with van der Waals surface area (Å²) in [6.45, 7) is 4.59. The lowest BCUT2D eigenvalue weighted by molar-refractivity contribution is -0.141. The molecule has 0 aromatic carbocycles. The van der Waals surface area contributed by atoms with Crippen molar-refractivity contribution >= 4 is 11.6 Å². The summed E-state index contributed by atoms with van der Waals surface area (Å²) in [5.41, 5.74) is 0.502. The molecule has 0 aliphatic carbocycles. The number of likely N-dealkylation sites (tertiary alicyclic amines) is 1. The van der Waals surface area contributed by atoms with Gasteiger partial charge < -0.3 is 9.64 Å². The van der Waals surface area contributed by atoms with E-state index in [1.807, 2.05) is 23.1 Å². The van der Waals surface area contributed by atoms with Crippen molar-refractivity contribution in [2.24, 2.45) is 5.92 Å². The number of rotatable bonds is 3. The van der Waals surface area contributed by atoms with Crippen molar-refractivity contribution in [1.29, 1.82) is 0 Å². The molecule has 0 saturated carbocycles. The molecule has 134 valence electrons. The third-order valence-electron chi connectivity index (χ3n) is 5.00. The number of aromatic nitrogens is 3. The Labute approximate surface area is 145 Å². The average molecular weight is 345 g/mol. The number of hydrogen-bond donors (Lipinski definition) is 0. The molecule has 2 aromatic rings. The van der Waals surface area contributed by atoms with Gasteiger partial charge in [-0.05, 0) is 31.5 Å². The quantitative estimate of drug-likeness (QED) is 0.785. The highest BCUT2D eigenvalue weighted by Gasteiger charge is 2.30. The molecule has 8 nitrogen and oxygen atoms in total. The Hall–Kier alpha value is -2.19. The van der Waals surface area contributed by atoms with E-state index in [1.165, 1.54) is 4.68 Å². The van der Waals surface area contributed by atoms with E-state index in [2.05, 4.69) is 10.00 Å². The summed E-state index contributed by atoms with van der Waals surface area (Å²) in [6, 6.07) is 5.50. The van der Waals surface area contributed by atoms with Gasteiger partial charge in [-0.3, -0.25) is 14.1 Å². The Bertz CT molecular complexity index is 808. The van der Waals surface area contributed by atoms with Gasteiger partial charge in [0.15, 0.2) is 5.65 Å². The molecule has 1 atom stereocenters. The fraction of sp³-hybridized carbons (Fsp3) is 0.588. The zero-order chi connectivity index (χ0) is 17.2. The lowest BCUT2D eigenvalue weighted by Crippen LogP contribution is -2.49. The van der Waals surface area contributed by atoms with Gasteiger partial charge in [0, 0.05) is 25.8 Å². The lowest BCUT2D eigenvalue weighted by Gasteiger charge is -2.35. The van der Waals surface area contributed by atoms with Crippen LogP contribution in [0, 0.1) is 5.92 Å². The molecule has 2 aliphatic heterocycles. The molecule has 2 aliphatic rings. The standard InChI is InChI=1S/C17H23N5O3/c23-16(20-8-10-25-11-9-20)14-4-3-6-19(12-14)13-22-17(24)21-7-2-1-5-15(21)18-22/h1-2,5,7,14H,3-4,6,8-13H2. The zero-order valence-electron chi connectivity index (χ0n) is 14.2. The van der Waals surface area contributed by atoms with Crippen LogP contribution in [0.25, 0.3) is 5.65 Å². The SMILES string of the molecule is O=C(C1CCCN(Cn2nc3ccccn3c2=O)C1)N1CCOCC1. The lowest BCUT2D eigenvalue weighted by atomic mass is 9.96. The number of carbonyl (C=O) groups is 1. The highest BCUT2D eigenvalue weighted by atomic mass is 16.5. The predicted octanol–water partition coefficient (Wildman–Crippen LogP) is 0.0243. The minimum atomic E-state index is -0.141. The maximum atomic E-state index is 12.7. The molecule has 8 heteroatoms. The van der Waals surface area contributed by atoms with Crippen molar-refractivity contribution in [3.8, 4) is 0 Å². The molecule has 2 saturated heterocycles. The molecule has 2 aromatic heterocycles. The van der Waals surface area contributed by atoms with Crippen molar-refractivity contribution in [1.82, 2.24) is 24.0 Å². The number of piperidine rings is 1. The summed E-state index contributed by atoms with van der Waals surface area (Å²) in [6.07, 6.45) is 3.59. The van der Waals surface area contributed by atoms with E-state index in [9.17, 15) is 9.59 Å². The van der Waals surface area contributed by atoms with Crippen LogP contribution < -0.4 is 5.69 Å². The second-order valence-electron chi connectivity index (χ2n) is 6.71. The molecule has 0 spiro atoms. The van der Waals surface area contributed by atoms with Crippen LogP contribution in [-0.4, -0.2) is 69.3 Å². The molecule has 4 rings (SSSR count). The Morgan fingerprint density at radius 3 is 2.88 bits per heavy atom. The van der Waals surface area contributed by atoms with Crippen molar-refractivity contribution < 1.29 is 9.53 Å². The van der Waals surface area contributed by atoms with Gasteiger partial charge >= 0.3 is 5.69 Å². The molecular formula is C17H23N5O3. The minimum absolute atomic E-state index is 0.000386. The van der Waals surface area contributed by atoms with Crippen LogP contribution in [0.2, 0.25) is 0 Å². The van der Waals surface area contributed by atoms with Crippen molar-refractivity contribution in [3.05, 3.63) is 34.9 Å². The number of pyridine rings is 1. The van der Waals surface area contributed by atoms with Crippen LogP contribution in [0.3, 0.4) is 0 Å². The summed E-state index contributed by atoms with van der Waals surface area (Å²) in [5, 5.41) is 4.38. The second-order valence-corrected chi connectivity index (χ2v) is 6.71. The summed E-state index contributed by atoms with van der Waals surface area (Å²) in [5.74, 6) is 0.218. The van der Waals surface area contributed by atoms with Crippen LogP contribution in [0.5, 0.6) is 0 Å². The average Bonchev–Trinajstić information content (AvgIpc) is 2.98. The summed E-state index contributed by atoms with van der Waals surface area (Å²) < 4.78 is 8.35. The highest BCUT2D eigenvalue weighted by molar-refractivity contribution is 5.79. The normalized spacial score (nSPS) is 22.4. The van der Waals surface area contributed by atoms with E-state index < -0.39 is 0 Å². The predicted molar refractivity (Wildman–Crippen MR) is 91.1 cm³/mol. The first-order valence-corrected chi connectivity index (χ1v) is 8.85. The monoisotopic (exact) mass is 345 g/mol. The molecule has 0 radical (unpaired) electrons. The Morgan fingerprint density at radius 1 is 1.24 bits per heavy atom. The maximum absolute atomic E-state index is 12.7. The molecule has 0 bridgehead atoms. The fourth-order valence-electron chi connectivity index (χ4n) is 3.68. The van der Waals surface area contributed by atoms with Gasteiger partial charge in [-0.2, -0.15) is 4.68 Å². The Morgan fingerprint density at radius 2 is 2.08 bits per heavy atom. The first-order valence-electron chi connectivity index (χ1n) is 8.85. The van der Waals surface area contributed by atoms with E-state index in [0.717, 1.165) is 19.4 Å².